The maximum absolute atomic E-state index is 5.48. The van der Waals surface area contributed by atoms with Gasteiger partial charge in [0.1, 0.15) is 0 Å². The number of methoxy groups -OCH3 is 1. The second-order valence-electron chi connectivity index (χ2n) is 5.12. The van der Waals surface area contributed by atoms with Gasteiger partial charge in [0.2, 0.25) is 0 Å². The zero-order valence-electron chi connectivity index (χ0n) is 11.3. The van der Waals surface area contributed by atoms with Gasteiger partial charge in [-0.15, -0.1) is 0 Å². The number of hydrogen-bond acceptors (Lipinski definition) is 3. The number of rotatable bonds is 6. The molecule has 0 aromatic heterocycles. The molecular formula is C13H28N2O. The topological polar surface area (TPSA) is 24.5 Å². The molecule has 1 aliphatic heterocycles. The summed E-state index contributed by atoms with van der Waals surface area (Å²) in [6, 6.07) is 1.25. The van der Waals surface area contributed by atoms with Crippen molar-refractivity contribution in [3.8, 4) is 0 Å². The predicted molar refractivity (Wildman–Crippen MR) is 68.8 cm³/mol. The van der Waals surface area contributed by atoms with Crippen molar-refractivity contribution in [3.63, 3.8) is 0 Å². The summed E-state index contributed by atoms with van der Waals surface area (Å²) in [7, 11) is 1.83. The number of nitrogens with zero attached hydrogens (tertiary/aromatic N) is 1. The maximum atomic E-state index is 5.48. The molecule has 3 heteroatoms. The Bertz CT molecular complexity index is 185. The van der Waals surface area contributed by atoms with E-state index in [2.05, 4.69) is 31.0 Å². The molecule has 0 radical (unpaired) electrons. The van der Waals surface area contributed by atoms with Gasteiger partial charge in [-0.1, -0.05) is 20.8 Å². The minimum atomic E-state index is 0.446. The third-order valence-corrected chi connectivity index (χ3v) is 3.49. The number of ether oxygens (including phenoxy) is 1. The predicted octanol–water partition coefficient (Wildman–Crippen LogP) is 1.87. The van der Waals surface area contributed by atoms with Gasteiger partial charge in [0.15, 0.2) is 0 Å². The van der Waals surface area contributed by atoms with Crippen LogP contribution in [0.3, 0.4) is 0 Å². The Morgan fingerprint density at radius 1 is 1.44 bits per heavy atom. The first-order valence-corrected chi connectivity index (χ1v) is 6.67. The first kappa shape index (κ1) is 13.9. The fourth-order valence-corrected chi connectivity index (χ4v) is 2.39. The molecule has 1 heterocycles. The standard InChI is InChI=1S/C13H28N2O/c1-5-12(9-14-11(2)3)15-8-6-7-13(10-15)16-4/h11-14H,5-10H2,1-4H3. The highest BCUT2D eigenvalue weighted by Gasteiger charge is 2.24. The van der Waals surface area contributed by atoms with Gasteiger partial charge in [0.25, 0.3) is 0 Å². The van der Waals surface area contributed by atoms with Crippen molar-refractivity contribution >= 4 is 0 Å². The molecule has 1 aliphatic rings. The Labute approximate surface area is 101 Å². The quantitative estimate of drug-likeness (QED) is 0.751. The van der Waals surface area contributed by atoms with E-state index in [-0.39, 0.29) is 0 Å². The van der Waals surface area contributed by atoms with E-state index in [4.69, 9.17) is 4.74 Å². The summed E-state index contributed by atoms with van der Waals surface area (Å²) >= 11 is 0. The summed E-state index contributed by atoms with van der Waals surface area (Å²) in [5.41, 5.74) is 0. The van der Waals surface area contributed by atoms with Gasteiger partial charge in [0.05, 0.1) is 6.10 Å². The van der Waals surface area contributed by atoms with Crippen molar-refractivity contribution in [1.82, 2.24) is 10.2 Å². The highest BCUT2D eigenvalue weighted by molar-refractivity contribution is 4.80. The zero-order chi connectivity index (χ0) is 12.0. The van der Waals surface area contributed by atoms with Gasteiger partial charge < -0.3 is 10.1 Å². The molecule has 16 heavy (non-hydrogen) atoms. The van der Waals surface area contributed by atoms with Gasteiger partial charge in [-0.25, -0.2) is 0 Å². The van der Waals surface area contributed by atoms with E-state index in [0.717, 1.165) is 13.1 Å². The van der Waals surface area contributed by atoms with Crippen LogP contribution in [-0.2, 0) is 4.74 Å². The van der Waals surface area contributed by atoms with E-state index in [9.17, 15) is 0 Å². The van der Waals surface area contributed by atoms with E-state index in [0.29, 0.717) is 18.2 Å². The fourth-order valence-electron chi connectivity index (χ4n) is 2.39. The molecule has 1 fully saturated rings. The summed E-state index contributed by atoms with van der Waals surface area (Å²) < 4.78 is 5.48. The summed E-state index contributed by atoms with van der Waals surface area (Å²) in [5, 5.41) is 3.54. The van der Waals surface area contributed by atoms with Crippen molar-refractivity contribution in [2.24, 2.45) is 0 Å². The molecule has 0 aliphatic carbocycles. The summed E-state index contributed by atoms with van der Waals surface area (Å²) in [6.45, 7) is 10.1. The second kappa shape index (κ2) is 7.25. The molecule has 0 spiro atoms. The highest BCUT2D eigenvalue weighted by Crippen LogP contribution is 2.16. The smallest absolute Gasteiger partial charge is 0.0698 e. The van der Waals surface area contributed by atoms with Crippen LogP contribution in [0.15, 0.2) is 0 Å². The van der Waals surface area contributed by atoms with Crippen molar-refractivity contribution in [2.75, 3.05) is 26.7 Å². The largest absolute Gasteiger partial charge is 0.380 e. The molecule has 0 amide bonds. The van der Waals surface area contributed by atoms with Crippen LogP contribution in [0, 0.1) is 0 Å². The molecule has 1 N–H and O–H groups in total. The van der Waals surface area contributed by atoms with Crippen LogP contribution < -0.4 is 5.32 Å². The monoisotopic (exact) mass is 228 g/mol. The maximum Gasteiger partial charge on any atom is 0.0698 e. The van der Waals surface area contributed by atoms with Crippen molar-refractivity contribution < 1.29 is 4.74 Å². The Morgan fingerprint density at radius 2 is 2.19 bits per heavy atom. The third kappa shape index (κ3) is 4.40. The Kier molecular flexibility index (Phi) is 6.32. The minimum Gasteiger partial charge on any atom is -0.380 e. The molecule has 0 aromatic carbocycles. The lowest BCUT2D eigenvalue weighted by molar-refractivity contribution is 0.0136. The lowest BCUT2D eigenvalue weighted by Gasteiger charge is -2.37. The summed E-state index contributed by atoms with van der Waals surface area (Å²) in [6.07, 6.45) is 4.16. The lowest BCUT2D eigenvalue weighted by atomic mass is 10.0. The second-order valence-corrected chi connectivity index (χ2v) is 5.12. The van der Waals surface area contributed by atoms with Gasteiger partial charge in [-0.2, -0.15) is 0 Å². The van der Waals surface area contributed by atoms with E-state index in [1.54, 1.807) is 0 Å². The van der Waals surface area contributed by atoms with E-state index in [1.165, 1.54) is 25.8 Å². The van der Waals surface area contributed by atoms with Crippen LogP contribution in [0.4, 0.5) is 0 Å². The van der Waals surface area contributed by atoms with E-state index < -0.39 is 0 Å². The fraction of sp³-hybridized carbons (Fsp3) is 1.00. The van der Waals surface area contributed by atoms with Crippen molar-refractivity contribution in [3.05, 3.63) is 0 Å². The number of hydrogen-bond donors (Lipinski definition) is 1. The lowest BCUT2D eigenvalue weighted by Crippen LogP contribution is -2.49. The SMILES string of the molecule is CCC(CNC(C)C)N1CCCC(OC)C1. The van der Waals surface area contributed by atoms with E-state index >= 15 is 0 Å². The molecular weight excluding hydrogens is 200 g/mol. The minimum absolute atomic E-state index is 0.446. The molecule has 2 unspecified atom stereocenters. The summed E-state index contributed by atoms with van der Waals surface area (Å²) in [4.78, 5) is 2.59. The molecule has 1 rings (SSSR count). The van der Waals surface area contributed by atoms with E-state index in [1.807, 2.05) is 7.11 Å². The average Bonchev–Trinajstić information content (AvgIpc) is 2.30. The Morgan fingerprint density at radius 3 is 2.75 bits per heavy atom. The molecule has 0 saturated carbocycles. The first-order valence-electron chi connectivity index (χ1n) is 6.67. The van der Waals surface area contributed by atoms with Crippen molar-refractivity contribution in [2.45, 2.75) is 58.2 Å². The van der Waals surface area contributed by atoms with Crippen LogP contribution >= 0.6 is 0 Å². The molecule has 3 nitrogen and oxygen atoms in total. The average molecular weight is 228 g/mol. The number of nitrogens with one attached hydrogen (secondary N) is 1. The normalized spacial score (nSPS) is 24.9. The van der Waals surface area contributed by atoms with Gasteiger partial charge >= 0.3 is 0 Å². The first-order chi connectivity index (χ1) is 7.67. The van der Waals surface area contributed by atoms with Crippen LogP contribution in [0.2, 0.25) is 0 Å². The van der Waals surface area contributed by atoms with Gasteiger partial charge in [-0.3, -0.25) is 4.90 Å². The van der Waals surface area contributed by atoms with Crippen LogP contribution in [0.1, 0.15) is 40.0 Å². The summed E-state index contributed by atoms with van der Waals surface area (Å²) in [5.74, 6) is 0. The molecule has 2 atom stereocenters. The van der Waals surface area contributed by atoms with Crippen molar-refractivity contribution in [1.29, 1.82) is 0 Å². The number of piperidine rings is 1. The number of likely N-dealkylation sites (tertiary alicyclic amines) is 1. The molecule has 96 valence electrons. The molecule has 0 aromatic rings. The van der Waals surface area contributed by atoms with Crippen LogP contribution in [-0.4, -0.2) is 49.8 Å². The molecule has 0 bridgehead atoms. The molecule has 1 saturated heterocycles. The van der Waals surface area contributed by atoms with Gasteiger partial charge in [-0.05, 0) is 25.8 Å². The highest BCUT2D eigenvalue weighted by atomic mass is 16.5. The van der Waals surface area contributed by atoms with Crippen LogP contribution in [0.25, 0.3) is 0 Å². The Hall–Kier alpha value is -0.120. The van der Waals surface area contributed by atoms with Crippen LogP contribution in [0.5, 0.6) is 0 Å². The zero-order valence-corrected chi connectivity index (χ0v) is 11.3. The van der Waals surface area contributed by atoms with Gasteiger partial charge in [0, 0.05) is 32.3 Å². The Balaban J connectivity index is 2.38. The third-order valence-electron chi connectivity index (χ3n) is 3.49.